The number of aromatic nitrogens is 4. The number of fused-ring (bicyclic) bond motifs is 3. The normalized spacial score (nSPS) is 11.2. The van der Waals surface area contributed by atoms with E-state index in [9.17, 15) is 4.79 Å². The SMILES string of the molecule is CCc1cccc(C)c1NC(=O)CCSc1nnc2c(n1)[nH]c1ccccc12. The Labute approximate surface area is 167 Å². The molecule has 0 radical (unpaired) electrons. The monoisotopic (exact) mass is 391 g/mol. The Morgan fingerprint density at radius 2 is 2.00 bits per heavy atom. The molecule has 0 saturated heterocycles. The molecule has 2 aromatic heterocycles. The van der Waals surface area contributed by atoms with Gasteiger partial charge in [-0.05, 0) is 30.5 Å². The van der Waals surface area contributed by atoms with Crippen molar-refractivity contribution in [3.05, 3.63) is 53.6 Å². The minimum Gasteiger partial charge on any atom is -0.338 e. The molecule has 0 spiro atoms. The molecule has 2 heterocycles. The molecule has 28 heavy (non-hydrogen) atoms. The van der Waals surface area contributed by atoms with Gasteiger partial charge in [0.05, 0.1) is 0 Å². The first kappa shape index (κ1) is 18.4. The van der Waals surface area contributed by atoms with Gasteiger partial charge in [0.2, 0.25) is 11.1 Å². The molecule has 142 valence electrons. The van der Waals surface area contributed by atoms with Gasteiger partial charge >= 0.3 is 0 Å². The minimum atomic E-state index is -0.00357. The zero-order chi connectivity index (χ0) is 19.5. The standard InChI is InChI=1S/C21H21N5OS/c1-3-14-8-6-7-13(2)18(14)23-17(27)11-12-28-21-24-20-19(25-26-21)15-9-4-5-10-16(15)22-20/h4-10H,3,11-12H2,1-2H3,(H,23,27)(H,22,24,26). The Balaban J connectivity index is 1.40. The van der Waals surface area contributed by atoms with Gasteiger partial charge in [-0.25, -0.2) is 4.98 Å². The molecule has 0 aliphatic heterocycles. The number of aryl methyl sites for hydroxylation is 2. The third-order valence-corrected chi connectivity index (χ3v) is 5.51. The quantitative estimate of drug-likeness (QED) is 0.473. The van der Waals surface area contributed by atoms with Crippen LogP contribution in [0.4, 0.5) is 5.69 Å². The number of benzene rings is 2. The van der Waals surface area contributed by atoms with Crippen LogP contribution in [-0.4, -0.2) is 31.8 Å². The van der Waals surface area contributed by atoms with Gasteiger partial charge in [-0.3, -0.25) is 4.79 Å². The largest absolute Gasteiger partial charge is 0.338 e. The molecule has 0 atom stereocenters. The predicted molar refractivity (Wildman–Crippen MR) is 114 cm³/mol. The number of aromatic amines is 1. The van der Waals surface area contributed by atoms with Crippen LogP contribution in [0, 0.1) is 6.92 Å². The number of anilines is 1. The molecule has 0 aliphatic carbocycles. The first-order chi connectivity index (χ1) is 13.7. The van der Waals surface area contributed by atoms with Crippen molar-refractivity contribution in [2.45, 2.75) is 31.8 Å². The Bertz CT molecular complexity index is 1150. The fourth-order valence-corrected chi connectivity index (χ4v) is 3.93. The van der Waals surface area contributed by atoms with Gasteiger partial charge in [-0.15, -0.1) is 10.2 Å². The lowest BCUT2D eigenvalue weighted by molar-refractivity contribution is -0.115. The van der Waals surface area contributed by atoms with E-state index >= 15 is 0 Å². The lowest BCUT2D eigenvalue weighted by atomic mass is 10.1. The van der Waals surface area contributed by atoms with Gasteiger partial charge in [0, 0.05) is 28.8 Å². The summed E-state index contributed by atoms with van der Waals surface area (Å²) in [6.45, 7) is 4.10. The van der Waals surface area contributed by atoms with Crippen molar-refractivity contribution in [3.8, 4) is 0 Å². The molecule has 0 saturated carbocycles. The van der Waals surface area contributed by atoms with Crippen LogP contribution in [0.2, 0.25) is 0 Å². The number of carbonyl (C=O) groups excluding carboxylic acids is 1. The van der Waals surface area contributed by atoms with E-state index in [-0.39, 0.29) is 5.91 Å². The fourth-order valence-electron chi connectivity index (χ4n) is 3.21. The fraction of sp³-hybridized carbons (Fsp3) is 0.238. The highest BCUT2D eigenvalue weighted by Gasteiger charge is 2.11. The molecule has 0 aliphatic rings. The van der Waals surface area contributed by atoms with Gasteiger partial charge in [-0.1, -0.05) is 55.1 Å². The third-order valence-electron chi connectivity index (χ3n) is 4.67. The number of H-pyrrole nitrogens is 1. The van der Waals surface area contributed by atoms with E-state index in [4.69, 9.17) is 0 Å². The van der Waals surface area contributed by atoms with Crippen molar-refractivity contribution >= 4 is 45.4 Å². The van der Waals surface area contributed by atoms with E-state index < -0.39 is 0 Å². The molecular weight excluding hydrogens is 370 g/mol. The second-order valence-electron chi connectivity index (χ2n) is 6.57. The number of nitrogens with one attached hydrogen (secondary N) is 2. The molecule has 7 heteroatoms. The Morgan fingerprint density at radius 3 is 2.86 bits per heavy atom. The number of rotatable bonds is 6. The maximum atomic E-state index is 12.4. The van der Waals surface area contributed by atoms with Crippen molar-refractivity contribution < 1.29 is 4.79 Å². The summed E-state index contributed by atoms with van der Waals surface area (Å²) in [5.41, 5.74) is 5.64. The maximum absolute atomic E-state index is 12.4. The van der Waals surface area contributed by atoms with Crippen molar-refractivity contribution in [3.63, 3.8) is 0 Å². The highest BCUT2D eigenvalue weighted by Crippen LogP contribution is 2.24. The number of amides is 1. The zero-order valence-electron chi connectivity index (χ0n) is 15.8. The van der Waals surface area contributed by atoms with E-state index in [1.807, 2.05) is 49.4 Å². The van der Waals surface area contributed by atoms with Crippen LogP contribution >= 0.6 is 11.8 Å². The van der Waals surface area contributed by atoms with Gasteiger partial charge in [-0.2, -0.15) is 0 Å². The average molecular weight is 392 g/mol. The second-order valence-corrected chi connectivity index (χ2v) is 7.63. The molecule has 6 nitrogen and oxygen atoms in total. The van der Waals surface area contributed by atoms with Gasteiger partial charge in [0.1, 0.15) is 5.52 Å². The molecular formula is C21H21N5OS. The van der Waals surface area contributed by atoms with E-state index in [2.05, 4.69) is 32.4 Å². The van der Waals surface area contributed by atoms with Gasteiger partial charge < -0.3 is 10.3 Å². The van der Waals surface area contributed by atoms with Gasteiger partial charge in [0.25, 0.3) is 0 Å². The minimum absolute atomic E-state index is 0.00357. The van der Waals surface area contributed by atoms with Crippen LogP contribution in [0.15, 0.2) is 47.6 Å². The van der Waals surface area contributed by atoms with E-state index in [0.717, 1.165) is 45.3 Å². The molecule has 4 rings (SSSR count). The predicted octanol–water partition coefficient (Wildman–Crippen LogP) is 4.50. The highest BCUT2D eigenvalue weighted by molar-refractivity contribution is 7.99. The first-order valence-electron chi connectivity index (χ1n) is 9.28. The molecule has 1 amide bonds. The number of hydrogen-bond donors (Lipinski definition) is 2. The number of carbonyl (C=O) groups is 1. The topological polar surface area (TPSA) is 83.6 Å². The summed E-state index contributed by atoms with van der Waals surface area (Å²) in [7, 11) is 0. The Hall–Kier alpha value is -2.93. The Morgan fingerprint density at radius 1 is 1.14 bits per heavy atom. The molecule has 2 N–H and O–H groups in total. The van der Waals surface area contributed by atoms with Crippen LogP contribution < -0.4 is 5.32 Å². The molecule has 0 unspecified atom stereocenters. The lowest BCUT2D eigenvalue weighted by Crippen LogP contribution is -2.14. The van der Waals surface area contributed by atoms with Gasteiger partial charge in [0.15, 0.2) is 5.65 Å². The summed E-state index contributed by atoms with van der Waals surface area (Å²) in [6.07, 6.45) is 1.27. The number of nitrogens with zero attached hydrogens (tertiary/aromatic N) is 3. The number of para-hydroxylation sites is 2. The summed E-state index contributed by atoms with van der Waals surface area (Å²) in [6, 6.07) is 14.0. The third kappa shape index (κ3) is 3.71. The molecule has 2 aromatic carbocycles. The zero-order valence-corrected chi connectivity index (χ0v) is 16.6. The average Bonchev–Trinajstić information content (AvgIpc) is 3.07. The molecule has 0 fully saturated rings. The highest BCUT2D eigenvalue weighted by atomic mass is 32.2. The summed E-state index contributed by atoms with van der Waals surface area (Å²) in [5, 5.41) is 13.1. The van der Waals surface area contributed by atoms with Crippen molar-refractivity contribution in [1.29, 1.82) is 0 Å². The van der Waals surface area contributed by atoms with E-state index in [1.165, 1.54) is 11.8 Å². The lowest BCUT2D eigenvalue weighted by Gasteiger charge is -2.12. The van der Waals surface area contributed by atoms with Crippen molar-refractivity contribution in [2.24, 2.45) is 0 Å². The van der Waals surface area contributed by atoms with Crippen LogP contribution in [0.5, 0.6) is 0 Å². The molecule has 0 bridgehead atoms. The number of thioether (sulfide) groups is 1. The Kier molecular flexibility index (Phi) is 5.25. The van der Waals surface area contributed by atoms with Crippen LogP contribution in [-0.2, 0) is 11.2 Å². The maximum Gasteiger partial charge on any atom is 0.225 e. The van der Waals surface area contributed by atoms with Crippen LogP contribution in [0.1, 0.15) is 24.5 Å². The van der Waals surface area contributed by atoms with Crippen molar-refractivity contribution in [1.82, 2.24) is 20.2 Å². The summed E-state index contributed by atoms with van der Waals surface area (Å²) in [5.74, 6) is 0.586. The van der Waals surface area contributed by atoms with E-state index in [0.29, 0.717) is 17.3 Å². The number of hydrogen-bond acceptors (Lipinski definition) is 5. The summed E-state index contributed by atoms with van der Waals surface area (Å²) >= 11 is 1.43. The summed E-state index contributed by atoms with van der Waals surface area (Å²) in [4.78, 5) is 20.2. The van der Waals surface area contributed by atoms with Crippen molar-refractivity contribution in [2.75, 3.05) is 11.1 Å². The van der Waals surface area contributed by atoms with Crippen LogP contribution in [0.3, 0.4) is 0 Å². The molecule has 4 aromatic rings. The smallest absolute Gasteiger partial charge is 0.225 e. The second kappa shape index (κ2) is 7.98. The summed E-state index contributed by atoms with van der Waals surface area (Å²) < 4.78 is 0. The van der Waals surface area contributed by atoms with Crippen LogP contribution in [0.25, 0.3) is 22.1 Å². The first-order valence-corrected chi connectivity index (χ1v) is 10.3. The van der Waals surface area contributed by atoms with E-state index in [1.54, 1.807) is 0 Å².